The molecule has 1 aliphatic carbocycles. The molecule has 0 bridgehead atoms. The van der Waals surface area contributed by atoms with Gasteiger partial charge < -0.3 is 10.5 Å². The van der Waals surface area contributed by atoms with Crippen LogP contribution >= 0.6 is 12.2 Å². The van der Waals surface area contributed by atoms with Crippen molar-refractivity contribution in [2.45, 2.75) is 37.6 Å². The number of hydrogen-bond donors (Lipinski definition) is 3. The normalized spacial score (nSPS) is 18.9. The third kappa shape index (κ3) is 3.79. The Balaban J connectivity index is 2.84. The highest BCUT2D eigenvalue weighted by Gasteiger charge is 2.39. The van der Waals surface area contributed by atoms with Crippen LogP contribution in [-0.4, -0.2) is 32.1 Å². The van der Waals surface area contributed by atoms with Crippen molar-refractivity contribution >= 4 is 33.5 Å². The maximum absolute atomic E-state index is 11.7. The van der Waals surface area contributed by atoms with Gasteiger partial charge in [-0.05, 0) is 12.8 Å². The van der Waals surface area contributed by atoms with E-state index in [1.54, 1.807) is 4.72 Å². The average molecular weight is 295 g/mol. The monoisotopic (exact) mass is 295 g/mol. The molecular weight excluding hydrogens is 278 g/mol. The van der Waals surface area contributed by atoms with E-state index < -0.39 is 21.8 Å². The second-order valence-corrected chi connectivity index (χ2v) is 6.06. The van der Waals surface area contributed by atoms with E-state index in [9.17, 15) is 13.2 Å². The van der Waals surface area contributed by atoms with Gasteiger partial charge in [-0.1, -0.05) is 31.5 Å². The molecule has 1 amide bonds. The zero-order chi connectivity index (χ0) is 13.8. The molecule has 0 aromatic heterocycles. The molecule has 9 heteroatoms. The Hall–Kier alpha value is -0.930. The summed E-state index contributed by atoms with van der Waals surface area (Å²) in [6, 6.07) is 0. The summed E-state index contributed by atoms with van der Waals surface area (Å²) in [5.41, 5.74) is 4.68. The summed E-state index contributed by atoms with van der Waals surface area (Å²) in [4.78, 5) is 11.0. The van der Waals surface area contributed by atoms with Crippen LogP contribution in [0.5, 0.6) is 0 Å². The molecule has 0 radical (unpaired) electrons. The molecule has 0 aromatic rings. The van der Waals surface area contributed by atoms with Crippen LogP contribution in [0.2, 0.25) is 0 Å². The van der Waals surface area contributed by atoms with Crippen molar-refractivity contribution in [3.63, 3.8) is 0 Å². The summed E-state index contributed by atoms with van der Waals surface area (Å²) in [6.07, 6.45) is 2.68. The summed E-state index contributed by atoms with van der Waals surface area (Å²) in [7, 11) is -2.96. The molecule has 18 heavy (non-hydrogen) atoms. The molecule has 7 nitrogen and oxygen atoms in total. The number of carbonyl (C=O) groups excluding carboxylic acids is 1. The SMILES string of the molecule is COC(=O)NS(=O)(=O)NC1(C(N)=S)CCCCC1. The molecule has 0 spiro atoms. The van der Waals surface area contributed by atoms with Gasteiger partial charge in [0.25, 0.3) is 0 Å². The summed E-state index contributed by atoms with van der Waals surface area (Å²) >= 11 is 4.94. The topological polar surface area (TPSA) is 111 Å². The fourth-order valence-electron chi connectivity index (χ4n) is 1.99. The van der Waals surface area contributed by atoms with Crippen LogP contribution in [0.1, 0.15) is 32.1 Å². The van der Waals surface area contributed by atoms with Crippen molar-refractivity contribution in [1.29, 1.82) is 0 Å². The highest BCUT2D eigenvalue weighted by atomic mass is 32.2. The van der Waals surface area contributed by atoms with Gasteiger partial charge in [-0.15, -0.1) is 0 Å². The van der Waals surface area contributed by atoms with Gasteiger partial charge in [-0.2, -0.15) is 13.1 Å². The predicted octanol–water partition coefficient (Wildman–Crippen LogP) is 0.166. The molecule has 104 valence electrons. The number of ether oxygens (including phenoxy) is 1. The molecule has 1 saturated carbocycles. The second-order valence-electron chi connectivity index (χ2n) is 4.21. The summed E-state index contributed by atoms with van der Waals surface area (Å²) in [5, 5.41) is 0. The first-order valence-corrected chi connectivity index (χ1v) is 7.40. The van der Waals surface area contributed by atoms with E-state index in [-0.39, 0.29) is 4.99 Å². The zero-order valence-electron chi connectivity index (χ0n) is 10.1. The fourth-order valence-corrected chi connectivity index (χ4v) is 3.49. The summed E-state index contributed by atoms with van der Waals surface area (Å²) < 4.78 is 31.8. The van der Waals surface area contributed by atoms with Crippen LogP contribution in [0.3, 0.4) is 0 Å². The van der Waals surface area contributed by atoms with E-state index in [1.807, 2.05) is 0 Å². The van der Waals surface area contributed by atoms with Gasteiger partial charge in [0.05, 0.1) is 17.6 Å². The molecule has 1 rings (SSSR count). The van der Waals surface area contributed by atoms with Crippen LogP contribution in [0.15, 0.2) is 0 Å². The summed E-state index contributed by atoms with van der Waals surface area (Å²) in [5.74, 6) is 0. The Morgan fingerprint density at radius 1 is 1.33 bits per heavy atom. The highest BCUT2D eigenvalue weighted by Crippen LogP contribution is 2.29. The van der Waals surface area contributed by atoms with Crippen molar-refractivity contribution in [1.82, 2.24) is 9.44 Å². The van der Waals surface area contributed by atoms with Gasteiger partial charge in [0, 0.05) is 0 Å². The van der Waals surface area contributed by atoms with E-state index in [4.69, 9.17) is 18.0 Å². The minimum Gasteiger partial charge on any atom is -0.452 e. The van der Waals surface area contributed by atoms with E-state index in [0.717, 1.165) is 26.4 Å². The molecule has 4 N–H and O–H groups in total. The zero-order valence-corrected chi connectivity index (χ0v) is 11.7. The van der Waals surface area contributed by atoms with Gasteiger partial charge in [0.2, 0.25) is 0 Å². The number of thiocarbonyl (C=S) groups is 1. The Bertz CT molecular complexity index is 429. The van der Waals surface area contributed by atoms with Gasteiger partial charge in [-0.25, -0.2) is 9.52 Å². The van der Waals surface area contributed by atoms with E-state index in [0.29, 0.717) is 12.8 Å². The largest absolute Gasteiger partial charge is 0.452 e. The van der Waals surface area contributed by atoms with E-state index in [2.05, 4.69) is 9.46 Å². The Morgan fingerprint density at radius 3 is 2.33 bits per heavy atom. The number of nitrogens with two attached hydrogens (primary N) is 1. The number of hydrogen-bond acceptors (Lipinski definition) is 5. The summed E-state index contributed by atoms with van der Waals surface area (Å²) in [6.45, 7) is 0. The van der Waals surface area contributed by atoms with Crippen molar-refractivity contribution in [2.24, 2.45) is 5.73 Å². The number of rotatable bonds is 4. The minimum atomic E-state index is -4.04. The Kier molecular flexibility index (Phi) is 4.88. The molecule has 0 unspecified atom stereocenters. The molecule has 0 atom stereocenters. The highest BCUT2D eigenvalue weighted by molar-refractivity contribution is 7.88. The number of carbonyl (C=O) groups is 1. The smallest absolute Gasteiger partial charge is 0.421 e. The van der Waals surface area contributed by atoms with Crippen LogP contribution in [-0.2, 0) is 14.9 Å². The van der Waals surface area contributed by atoms with Crippen LogP contribution in [0, 0.1) is 0 Å². The van der Waals surface area contributed by atoms with Gasteiger partial charge in [0.15, 0.2) is 0 Å². The van der Waals surface area contributed by atoms with Gasteiger partial charge in [-0.3, -0.25) is 0 Å². The molecule has 0 saturated heterocycles. The first kappa shape index (κ1) is 15.1. The first-order valence-electron chi connectivity index (χ1n) is 5.51. The standard InChI is InChI=1S/C9H17N3O4S2/c1-16-8(13)11-18(14,15)12-9(7(10)17)5-3-2-4-6-9/h12H,2-6H2,1H3,(H2,10,17)(H,11,13). The lowest BCUT2D eigenvalue weighted by atomic mass is 9.82. The first-order chi connectivity index (χ1) is 8.31. The van der Waals surface area contributed by atoms with Crippen molar-refractivity contribution in [3.05, 3.63) is 0 Å². The molecule has 0 aliphatic heterocycles. The van der Waals surface area contributed by atoms with Crippen LogP contribution in [0.4, 0.5) is 4.79 Å². The van der Waals surface area contributed by atoms with Gasteiger partial charge in [0.1, 0.15) is 0 Å². The quantitative estimate of drug-likeness (QED) is 0.637. The van der Waals surface area contributed by atoms with Crippen LogP contribution < -0.4 is 15.2 Å². The third-order valence-electron chi connectivity index (χ3n) is 2.91. The van der Waals surface area contributed by atoms with Crippen molar-refractivity contribution in [2.75, 3.05) is 7.11 Å². The molecule has 0 aromatic carbocycles. The lowest BCUT2D eigenvalue weighted by molar-refractivity contribution is 0.177. The lowest BCUT2D eigenvalue weighted by Gasteiger charge is -2.36. The molecule has 0 heterocycles. The maximum atomic E-state index is 11.7. The van der Waals surface area contributed by atoms with Crippen molar-refractivity contribution in [3.8, 4) is 0 Å². The maximum Gasteiger partial charge on any atom is 0.421 e. The van der Waals surface area contributed by atoms with E-state index >= 15 is 0 Å². The minimum absolute atomic E-state index is 0.0949. The lowest BCUT2D eigenvalue weighted by Crippen LogP contribution is -2.60. The average Bonchev–Trinajstić information content (AvgIpc) is 2.28. The Morgan fingerprint density at radius 2 is 1.89 bits per heavy atom. The predicted molar refractivity (Wildman–Crippen MR) is 70.2 cm³/mol. The van der Waals surface area contributed by atoms with Gasteiger partial charge >= 0.3 is 16.3 Å². The molecule has 1 fully saturated rings. The molecular formula is C9H17N3O4S2. The molecule has 1 aliphatic rings. The number of nitrogens with one attached hydrogen (secondary N) is 2. The Labute approximate surface area is 112 Å². The van der Waals surface area contributed by atoms with Crippen molar-refractivity contribution < 1.29 is 17.9 Å². The second kappa shape index (κ2) is 5.81. The third-order valence-corrected chi connectivity index (χ3v) is 4.40. The number of methoxy groups -OCH3 is 1. The van der Waals surface area contributed by atoms with Crippen LogP contribution in [0.25, 0.3) is 0 Å². The number of amides is 1. The van der Waals surface area contributed by atoms with E-state index in [1.165, 1.54) is 0 Å². The fraction of sp³-hybridized carbons (Fsp3) is 0.778.